The van der Waals surface area contributed by atoms with E-state index in [4.69, 9.17) is 9.29 Å². The Hall–Kier alpha value is -1.88. The monoisotopic (exact) mass is 402 g/mol. The second-order valence-corrected chi connectivity index (χ2v) is 7.32. The van der Waals surface area contributed by atoms with Crippen LogP contribution in [0.2, 0.25) is 0 Å². The topological polar surface area (TPSA) is 89.9 Å². The Labute approximate surface area is 147 Å². The molecule has 1 N–H and O–H groups in total. The summed E-state index contributed by atoms with van der Waals surface area (Å²) in [5.74, 6) is -10.8. The van der Waals surface area contributed by atoms with Gasteiger partial charge in [0.1, 0.15) is 0 Å². The zero-order chi connectivity index (χ0) is 20.3. The second kappa shape index (κ2) is 8.21. The highest BCUT2D eigenvalue weighted by Crippen LogP contribution is 2.32. The Balaban J connectivity index is 2.80. The quantitative estimate of drug-likeness (QED) is 0.236. The summed E-state index contributed by atoms with van der Waals surface area (Å²) in [5.41, 5.74) is -0.711. The number of rotatable bonds is 8. The molecule has 11 heteroatoms. The van der Waals surface area contributed by atoms with Crippen molar-refractivity contribution in [3.63, 3.8) is 0 Å². The Morgan fingerprint density at radius 3 is 1.96 bits per heavy atom. The van der Waals surface area contributed by atoms with Crippen molar-refractivity contribution in [2.45, 2.75) is 38.5 Å². The predicted octanol–water partition coefficient (Wildman–Crippen LogP) is 3.24. The Bertz CT molecular complexity index is 763. The van der Waals surface area contributed by atoms with E-state index in [1.54, 1.807) is 20.8 Å². The Morgan fingerprint density at radius 1 is 1.04 bits per heavy atom. The first kappa shape index (κ1) is 22.2. The van der Waals surface area contributed by atoms with Gasteiger partial charge in [0, 0.05) is 6.42 Å². The van der Waals surface area contributed by atoms with Crippen LogP contribution in [-0.2, 0) is 19.6 Å². The summed E-state index contributed by atoms with van der Waals surface area (Å²) in [7, 11) is -5.52. The number of hydrogen-bond donors (Lipinski definition) is 1. The molecule has 0 spiro atoms. The average molecular weight is 402 g/mol. The molecule has 0 saturated carbocycles. The summed E-state index contributed by atoms with van der Waals surface area (Å²) in [4.78, 5) is 9.55. The number of hydrogen-bond acceptors (Lipinski definition) is 5. The van der Waals surface area contributed by atoms with Crippen LogP contribution in [0, 0.1) is 28.7 Å². The maximum atomic E-state index is 13.7. The average Bonchev–Trinajstić information content (AvgIpc) is 2.54. The van der Waals surface area contributed by atoms with Gasteiger partial charge in [-0.3, -0.25) is 9.35 Å². The van der Waals surface area contributed by atoms with Crippen molar-refractivity contribution >= 4 is 16.1 Å². The number of carbonyl (C=O) groups is 1. The summed E-state index contributed by atoms with van der Waals surface area (Å²) >= 11 is 0. The number of carbonyl (C=O) groups excluding carboxylic acids is 1. The Kier molecular flexibility index (Phi) is 7.00. The van der Waals surface area contributed by atoms with Crippen LogP contribution in [0.4, 0.5) is 17.6 Å². The van der Waals surface area contributed by atoms with Crippen molar-refractivity contribution in [1.82, 2.24) is 0 Å². The standard InChI is InChI=1S/C15H18F4O6S/c1-4-15(2,3)14(20)25-7-5-6-24-12-8(16)10(18)13(26(21,22)23)11(19)9(12)17/h4-7H2,1-3H3,(H,21,22,23). The minimum atomic E-state index is -5.52. The lowest BCUT2D eigenvalue weighted by molar-refractivity contribution is -0.154. The van der Waals surface area contributed by atoms with E-state index in [-0.39, 0.29) is 13.0 Å². The molecule has 0 aliphatic rings. The van der Waals surface area contributed by atoms with Crippen molar-refractivity contribution in [2.24, 2.45) is 5.41 Å². The van der Waals surface area contributed by atoms with E-state index in [9.17, 15) is 30.8 Å². The van der Waals surface area contributed by atoms with Gasteiger partial charge in [0.05, 0.1) is 18.6 Å². The van der Waals surface area contributed by atoms with E-state index >= 15 is 0 Å². The number of halogens is 4. The maximum Gasteiger partial charge on any atom is 0.311 e. The molecule has 0 aromatic heterocycles. The third-order valence-corrected chi connectivity index (χ3v) is 4.52. The maximum absolute atomic E-state index is 13.7. The van der Waals surface area contributed by atoms with E-state index in [2.05, 4.69) is 4.74 Å². The number of ether oxygens (including phenoxy) is 2. The first-order valence-electron chi connectivity index (χ1n) is 7.48. The molecule has 148 valence electrons. The SMILES string of the molecule is CCC(C)(C)C(=O)OCCCOc1c(F)c(F)c(S(=O)(=O)O)c(F)c1F. The fraction of sp³-hybridized carbons (Fsp3) is 0.533. The highest BCUT2D eigenvalue weighted by Gasteiger charge is 2.33. The van der Waals surface area contributed by atoms with Crippen molar-refractivity contribution in [3.05, 3.63) is 23.3 Å². The van der Waals surface area contributed by atoms with Gasteiger partial charge >= 0.3 is 16.1 Å². The minimum absolute atomic E-state index is 0.0479. The fourth-order valence-corrected chi connectivity index (χ4v) is 2.31. The highest BCUT2D eigenvalue weighted by atomic mass is 32.2. The molecule has 0 radical (unpaired) electrons. The van der Waals surface area contributed by atoms with Crippen LogP contribution in [0.15, 0.2) is 4.90 Å². The molecule has 0 amide bonds. The molecule has 0 fully saturated rings. The predicted molar refractivity (Wildman–Crippen MR) is 81.2 cm³/mol. The van der Waals surface area contributed by atoms with Crippen molar-refractivity contribution in [1.29, 1.82) is 0 Å². The number of benzene rings is 1. The van der Waals surface area contributed by atoms with Crippen LogP contribution in [0.3, 0.4) is 0 Å². The molecule has 0 bridgehead atoms. The van der Waals surface area contributed by atoms with Crippen LogP contribution < -0.4 is 4.74 Å². The van der Waals surface area contributed by atoms with Crippen LogP contribution in [0.5, 0.6) is 5.75 Å². The van der Waals surface area contributed by atoms with E-state index in [1.165, 1.54) is 0 Å². The first-order chi connectivity index (χ1) is 11.8. The van der Waals surface area contributed by atoms with Gasteiger partial charge in [0.2, 0.25) is 11.6 Å². The van der Waals surface area contributed by atoms with E-state index in [0.29, 0.717) is 6.42 Å². The zero-order valence-electron chi connectivity index (χ0n) is 14.2. The Morgan fingerprint density at radius 2 is 1.54 bits per heavy atom. The molecule has 1 aromatic carbocycles. The lowest BCUT2D eigenvalue weighted by Crippen LogP contribution is -2.26. The molecule has 0 saturated heterocycles. The van der Waals surface area contributed by atoms with Gasteiger partial charge in [-0.25, -0.2) is 8.78 Å². The fourth-order valence-electron chi connectivity index (χ4n) is 1.68. The molecule has 0 unspecified atom stereocenters. The smallest absolute Gasteiger partial charge is 0.311 e. The molecule has 0 aliphatic carbocycles. The molecular formula is C15H18F4O6S. The minimum Gasteiger partial charge on any atom is -0.487 e. The molecule has 0 aliphatic heterocycles. The first-order valence-corrected chi connectivity index (χ1v) is 8.92. The van der Waals surface area contributed by atoms with Gasteiger partial charge in [-0.1, -0.05) is 6.92 Å². The molecule has 1 aromatic rings. The van der Waals surface area contributed by atoms with E-state index in [1.807, 2.05) is 0 Å². The third-order valence-electron chi connectivity index (χ3n) is 3.65. The summed E-state index contributed by atoms with van der Waals surface area (Å²) in [6.07, 6.45) is 0.477. The van der Waals surface area contributed by atoms with Crippen LogP contribution in [-0.4, -0.2) is 32.2 Å². The number of esters is 1. The van der Waals surface area contributed by atoms with Crippen molar-refractivity contribution in [2.75, 3.05) is 13.2 Å². The van der Waals surface area contributed by atoms with Crippen LogP contribution in [0.1, 0.15) is 33.6 Å². The van der Waals surface area contributed by atoms with Crippen LogP contribution in [0.25, 0.3) is 0 Å². The highest BCUT2D eigenvalue weighted by molar-refractivity contribution is 7.85. The molecule has 6 nitrogen and oxygen atoms in total. The normalized spacial score (nSPS) is 12.2. The molecule has 0 heterocycles. The zero-order valence-corrected chi connectivity index (χ0v) is 15.1. The van der Waals surface area contributed by atoms with Gasteiger partial charge in [0.15, 0.2) is 22.3 Å². The summed E-state index contributed by atoms with van der Waals surface area (Å²) in [6.45, 7) is 4.48. The third kappa shape index (κ3) is 4.85. The van der Waals surface area contributed by atoms with E-state index < -0.39 is 62.0 Å². The van der Waals surface area contributed by atoms with Gasteiger partial charge in [-0.2, -0.15) is 17.2 Å². The van der Waals surface area contributed by atoms with Crippen molar-refractivity contribution < 1.29 is 44.8 Å². The molecular weight excluding hydrogens is 384 g/mol. The second-order valence-electron chi connectivity index (χ2n) is 5.96. The summed E-state index contributed by atoms with van der Waals surface area (Å²) in [6, 6.07) is 0. The van der Waals surface area contributed by atoms with Gasteiger partial charge < -0.3 is 9.47 Å². The largest absolute Gasteiger partial charge is 0.487 e. The molecule has 1 rings (SSSR count). The molecule has 0 atom stereocenters. The van der Waals surface area contributed by atoms with E-state index in [0.717, 1.165) is 0 Å². The molecule has 26 heavy (non-hydrogen) atoms. The van der Waals surface area contributed by atoms with Gasteiger partial charge in [-0.05, 0) is 20.3 Å². The van der Waals surface area contributed by atoms with Gasteiger partial charge in [0.25, 0.3) is 0 Å². The summed E-state index contributed by atoms with van der Waals surface area (Å²) in [5, 5.41) is 0. The lowest BCUT2D eigenvalue weighted by atomic mass is 9.91. The van der Waals surface area contributed by atoms with Gasteiger partial charge in [-0.15, -0.1) is 0 Å². The van der Waals surface area contributed by atoms with Crippen LogP contribution >= 0.6 is 0 Å². The van der Waals surface area contributed by atoms with Crippen molar-refractivity contribution in [3.8, 4) is 5.75 Å². The lowest BCUT2D eigenvalue weighted by Gasteiger charge is -2.20. The summed E-state index contributed by atoms with van der Waals surface area (Å²) < 4.78 is 94.4.